The predicted molar refractivity (Wildman–Crippen MR) is 264 cm³/mol. The largest absolute Gasteiger partial charge is 0.310 e. The summed E-state index contributed by atoms with van der Waals surface area (Å²) in [4.78, 5) is 5.01. The maximum atomic E-state index is 2.51. The van der Waals surface area contributed by atoms with Gasteiger partial charge in [-0.15, -0.1) is 0 Å². The van der Waals surface area contributed by atoms with E-state index in [0.29, 0.717) is 0 Å². The smallest absolute Gasteiger partial charge is 0.180 e. The minimum absolute atomic E-state index is 0.582. The number of rotatable bonds is 6. The summed E-state index contributed by atoms with van der Waals surface area (Å²) in [5.41, 5.74) is 10.6. The second kappa shape index (κ2) is 14.8. The minimum atomic E-state index is -2.84. The van der Waals surface area contributed by atoms with E-state index in [1.54, 1.807) is 0 Å². The van der Waals surface area contributed by atoms with E-state index in [9.17, 15) is 0 Å². The number of fused-ring (bicyclic) bond motifs is 9. The van der Waals surface area contributed by atoms with Crippen LogP contribution in [0.3, 0.4) is 0 Å². The second-order valence-corrected chi connectivity index (χ2v) is 21.2. The Kier molecular flexibility index (Phi) is 8.74. The molecule has 1 spiro atoms. The van der Waals surface area contributed by atoms with Gasteiger partial charge in [0.2, 0.25) is 0 Å². The summed E-state index contributed by atoms with van der Waals surface area (Å²) in [6.45, 7) is 0. The van der Waals surface area contributed by atoms with Crippen molar-refractivity contribution in [2.45, 2.75) is 15.2 Å². The molecule has 0 amide bonds. The number of para-hydroxylation sites is 1. The summed E-state index contributed by atoms with van der Waals surface area (Å²) < 4.78 is 0. The monoisotopic (exact) mass is 823 g/mol. The van der Waals surface area contributed by atoms with Gasteiger partial charge in [0.15, 0.2) is 8.07 Å². The molecule has 2 aliphatic rings. The molecule has 0 unspecified atom stereocenters. The zero-order valence-electron chi connectivity index (χ0n) is 34.0. The van der Waals surface area contributed by atoms with Crippen LogP contribution in [0.5, 0.6) is 0 Å². The Labute approximate surface area is 368 Å². The minimum Gasteiger partial charge on any atom is -0.310 e. The first kappa shape index (κ1) is 36.7. The van der Waals surface area contributed by atoms with Gasteiger partial charge in [0.25, 0.3) is 0 Å². The molecule has 1 nitrogen and oxygen atoms in total. The number of hydrogen-bond donors (Lipinski definition) is 0. The van der Waals surface area contributed by atoms with Crippen LogP contribution >= 0.6 is 11.8 Å². The van der Waals surface area contributed by atoms with E-state index >= 15 is 0 Å². The van der Waals surface area contributed by atoms with Gasteiger partial charge < -0.3 is 4.90 Å². The van der Waals surface area contributed by atoms with E-state index < -0.39 is 13.5 Å². The molecule has 12 rings (SSSR count). The SMILES string of the molecule is c1ccc(N(c2ccc(-c3cccc4ccccc34)cc2)c2ccc3c(c2)C2(c4ccccc4S3)c3ccccc3[Si](c3ccccc3)(c3ccccc3)c3ccccc32)cc1. The molecule has 62 heavy (non-hydrogen) atoms. The van der Waals surface area contributed by atoms with E-state index in [1.807, 2.05) is 11.8 Å². The fraction of sp³-hybridized carbons (Fsp3) is 0.0169. The molecule has 0 fully saturated rings. The number of nitrogens with zero attached hydrogens (tertiary/aromatic N) is 1. The van der Waals surface area contributed by atoms with Crippen LogP contribution in [0.4, 0.5) is 17.1 Å². The van der Waals surface area contributed by atoms with Crippen molar-refractivity contribution >= 4 is 68.4 Å². The zero-order chi connectivity index (χ0) is 41.1. The van der Waals surface area contributed by atoms with Crippen molar-refractivity contribution < 1.29 is 0 Å². The molecule has 2 aliphatic heterocycles. The summed E-state index contributed by atoms with van der Waals surface area (Å²) in [5, 5.41) is 8.20. The topological polar surface area (TPSA) is 3.24 Å². The summed E-state index contributed by atoms with van der Waals surface area (Å²) in [6, 6.07) is 93.2. The summed E-state index contributed by atoms with van der Waals surface area (Å²) in [5.74, 6) is 0. The fourth-order valence-corrected chi connectivity index (χ4v) is 17.2. The van der Waals surface area contributed by atoms with Gasteiger partial charge in [0.1, 0.15) is 0 Å². The highest BCUT2D eigenvalue weighted by Gasteiger charge is 2.57. The third-order valence-corrected chi connectivity index (χ3v) is 19.3. The highest BCUT2D eigenvalue weighted by atomic mass is 32.2. The highest BCUT2D eigenvalue weighted by molar-refractivity contribution is 7.99. The van der Waals surface area contributed by atoms with Crippen molar-refractivity contribution in [1.82, 2.24) is 0 Å². The molecule has 0 aromatic heterocycles. The average Bonchev–Trinajstić information content (AvgIpc) is 3.35. The Morgan fingerprint density at radius 2 is 0.855 bits per heavy atom. The lowest BCUT2D eigenvalue weighted by atomic mass is 9.64. The van der Waals surface area contributed by atoms with E-state index in [-0.39, 0.29) is 0 Å². The van der Waals surface area contributed by atoms with Gasteiger partial charge >= 0.3 is 0 Å². The predicted octanol–water partition coefficient (Wildman–Crippen LogP) is 12.5. The summed E-state index contributed by atoms with van der Waals surface area (Å²) in [6.07, 6.45) is 0. The molecule has 3 heteroatoms. The van der Waals surface area contributed by atoms with Crippen molar-refractivity contribution in [2.24, 2.45) is 0 Å². The van der Waals surface area contributed by atoms with Crippen LogP contribution in [-0.2, 0) is 5.41 Å². The Hall–Kier alpha value is -7.17. The van der Waals surface area contributed by atoms with E-state index in [0.717, 1.165) is 17.1 Å². The lowest BCUT2D eigenvalue weighted by molar-refractivity contribution is 0.707. The van der Waals surface area contributed by atoms with Crippen molar-refractivity contribution in [1.29, 1.82) is 0 Å². The van der Waals surface area contributed by atoms with Crippen LogP contribution in [0, 0.1) is 0 Å². The van der Waals surface area contributed by atoms with Gasteiger partial charge in [-0.05, 0) is 113 Å². The Morgan fingerprint density at radius 1 is 0.355 bits per heavy atom. The molecule has 0 saturated heterocycles. The first-order chi connectivity index (χ1) is 30.8. The molecule has 0 bridgehead atoms. The molecule has 2 heterocycles. The molecule has 0 saturated carbocycles. The average molecular weight is 824 g/mol. The lowest BCUT2D eigenvalue weighted by Crippen LogP contribution is -2.79. The van der Waals surface area contributed by atoms with Crippen molar-refractivity contribution in [3.05, 3.63) is 271 Å². The van der Waals surface area contributed by atoms with Gasteiger partial charge in [-0.2, -0.15) is 0 Å². The molecular formula is C59H41NSSi. The molecule has 10 aromatic carbocycles. The molecule has 292 valence electrons. The van der Waals surface area contributed by atoms with Gasteiger partial charge in [-0.3, -0.25) is 0 Å². The first-order valence-corrected chi connectivity index (χ1v) is 24.2. The van der Waals surface area contributed by atoms with Gasteiger partial charge in [-0.1, -0.05) is 212 Å². The zero-order valence-corrected chi connectivity index (χ0v) is 35.8. The Morgan fingerprint density at radius 3 is 1.53 bits per heavy atom. The molecule has 0 radical (unpaired) electrons. The number of hydrogen-bond acceptors (Lipinski definition) is 2. The van der Waals surface area contributed by atoms with Gasteiger partial charge in [0, 0.05) is 26.9 Å². The van der Waals surface area contributed by atoms with Crippen molar-refractivity contribution in [2.75, 3.05) is 4.90 Å². The third-order valence-electron chi connectivity index (χ3n) is 13.3. The number of benzene rings is 10. The maximum absolute atomic E-state index is 2.84. The van der Waals surface area contributed by atoms with Crippen molar-refractivity contribution in [3.8, 4) is 11.1 Å². The molecule has 0 aliphatic carbocycles. The fourth-order valence-electron chi connectivity index (χ4n) is 10.8. The molecule has 0 atom stereocenters. The van der Waals surface area contributed by atoms with Crippen LogP contribution < -0.4 is 25.6 Å². The van der Waals surface area contributed by atoms with Crippen molar-refractivity contribution in [3.63, 3.8) is 0 Å². The molecular weight excluding hydrogens is 783 g/mol. The Bertz CT molecular complexity index is 3180. The molecule has 10 aromatic rings. The lowest BCUT2D eigenvalue weighted by Gasteiger charge is -2.51. The van der Waals surface area contributed by atoms with E-state index in [1.165, 1.54) is 74.7 Å². The summed E-state index contributed by atoms with van der Waals surface area (Å²) in [7, 11) is -2.84. The van der Waals surface area contributed by atoms with Crippen LogP contribution in [0.1, 0.15) is 22.3 Å². The maximum Gasteiger partial charge on any atom is 0.180 e. The third kappa shape index (κ3) is 5.42. The van der Waals surface area contributed by atoms with Crippen LogP contribution in [0.25, 0.3) is 21.9 Å². The quantitative estimate of drug-likeness (QED) is 0.154. The highest BCUT2D eigenvalue weighted by Crippen LogP contribution is 2.57. The van der Waals surface area contributed by atoms with Gasteiger partial charge in [-0.25, -0.2) is 0 Å². The van der Waals surface area contributed by atoms with E-state index in [4.69, 9.17) is 0 Å². The summed E-state index contributed by atoms with van der Waals surface area (Å²) >= 11 is 1.90. The Balaban J connectivity index is 1.12. The van der Waals surface area contributed by atoms with E-state index in [2.05, 4.69) is 254 Å². The number of anilines is 3. The van der Waals surface area contributed by atoms with Crippen LogP contribution in [0.15, 0.2) is 259 Å². The van der Waals surface area contributed by atoms with Gasteiger partial charge in [0.05, 0.1) is 5.41 Å². The standard InChI is InChI=1S/C59H41NSSi/c1-4-21-44(22-5-1)60(45-37-35-43(36-38-45)50-28-18-20-42-19-10-11-27-49(42)50)46-39-40-56-54(41-46)59(51-29-12-15-32-55(51)61-56)52-30-13-16-33-57(52)62(47-23-6-2-7-24-47,48-25-8-3-9-26-48)58-34-17-14-31-53(58)59/h1-41H. The molecule has 0 N–H and O–H groups in total. The second-order valence-electron chi connectivity index (χ2n) is 16.3. The normalized spacial score (nSPS) is 14.0. The van der Waals surface area contributed by atoms with Crippen LogP contribution in [-0.4, -0.2) is 8.07 Å². The van der Waals surface area contributed by atoms with Crippen LogP contribution in [0.2, 0.25) is 0 Å². The first-order valence-electron chi connectivity index (χ1n) is 21.4.